The fourth-order valence-electron chi connectivity index (χ4n) is 6.54. The second-order valence-electron chi connectivity index (χ2n) is 10.7. The van der Waals surface area contributed by atoms with Crippen LogP contribution in [0.25, 0.3) is 21.8 Å². The maximum atomic E-state index is 8.16. The Labute approximate surface area is 231 Å². The molecule has 6 rings (SSSR count). The molecule has 4 heteroatoms. The number of para-hydroxylation sites is 2. The summed E-state index contributed by atoms with van der Waals surface area (Å²) in [5.41, 5.74) is 8.79. The number of nitrogens with zero attached hydrogens (tertiary/aromatic N) is 3. The number of hydrogen-bond donors (Lipinski definition) is 0. The van der Waals surface area contributed by atoms with Gasteiger partial charge < -0.3 is 14.0 Å². The Balaban J connectivity index is 1.64. The summed E-state index contributed by atoms with van der Waals surface area (Å²) < 4.78 is 4.78. The molecular weight excluding hydrogens is 486 g/mol. The van der Waals surface area contributed by atoms with Gasteiger partial charge in [-0.05, 0) is 55.0 Å². The maximum Gasteiger partial charge on any atom is 0.124 e. The summed E-state index contributed by atoms with van der Waals surface area (Å²) in [4.78, 5) is 1.71. The van der Waals surface area contributed by atoms with Crippen molar-refractivity contribution >= 4 is 39.1 Å². The van der Waals surface area contributed by atoms with Crippen LogP contribution in [0.1, 0.15) is 62.3 Å². The van der Waals surface area contributed by atoms with E-state index in [1.54, 1.807) is 0 Å². The van der Waals surface area contributed by atoms with Gasteiger partial charge in [0.25, 0.3) is 0 Å². The van der Waals surface area contributed by atoms with Crippen molar-refractivity contribution in [2.75, 3.05) is 18.0 Å². The van der Waals surface area contributed by atoms with E-state index in [1.165, 1.54) is 44.2 Å². The van der Waals surface area contributed by atoms with Gasteiger partial charge in [-0.25, -0.2) is 0 Å². The van der Waals surface area contributed by atoms with E-state index in [9.17, 15) is 0 Å². The molecule has 0 N–H and O–H groups in total. The van der Waals surface area contributed by atoms with E-state index < -0.39 is 4.87 Å². The Kier molecular flexibility index (Phi) is 6.74. The molecule has 38 heavy (non-hydrogen) atoms. The third-order valence-corrected chi connectivity index (χ3v) is 8.84. The number of anilines is 1. The minimum absolute atomic E-state index is 0.815. The first kappa shape index (κ1) is 25.1. The molecule has 2 aromatic heterocycles. The SMILES string of the molecule is CCCN1CCc2cc(C(Cl)(c3cn(CCC)c4ccccc34)c3cn(CCC)c4ccccc34)ccc21. The summed E-state index contributed by atoms with van der Waals surface area (Å²) in [6.45, 7) is 10.9. The summed E-state index contributed by atoms with van der Waals surface area (Å²) in [5, 5.41) is 2.47. The van der Waals surface area contributed by atoms with Crippen LogP contribution in [0.3, 0.4) is 0 Å². The average Bonchev–Trinajstić information content (AvgIpc) is 3.64. The minimum atomic E-state index is -0.815. The van der Waals surface area contributed by atoms with Gasteiger partial charge in [0.2, 0.25) is 0 Å². The number of hydrogen-bond acceptors (Lipinski definition) is 1. The van der Waals surface area contributed by atoms with Crippen LogP contribution in [-0.2, 0) is 24.4 Å². The first-order valence-electron chi connectivity index (χ1n) is 14.3. The van der Waals surface area contributed by atoms with Crippen molar-refractivity contribution in [3.05, 3.63) is 101 Å². The molecule has 196 valence electrons. The summed E-state index contributed by atoms with van der Waals surface area (Å²) >= 11 is 8.16. The predicted molar refractivity (Wildman–Crippen MR) is 163 cm³/mol. The van der Waals surface area contributed by atoms with E-state index >= 15 is 0 Å². The Morgan fingerprint density at radius 2 is 1.26 bits per heavy atom. The summed E-state index contributed by atoms with van der Waals surface area (Å²) in [6.07, 6.45) is 9.04. The van der Waals surface area contributed by atoms with Gasteiger partial charge in [0.1, 0.15) is 4.87 Å². The van der Waals surface area contributed by atoms with Crippen molar-refractivity contribution in [1.82, 2.24) is 9.13 Å². The number of halogens is 1. The van der Waals surface area contributed by atoms with E-state index in [0.717, 1.165) is 57.4 Å². The summed E-state index contributed by atoms with van der Waals surface area (Å²) in [5.74, 6) is 0. The zero-order valence-electron chi connectivity index (χ0n) is 22.9. The average molecular weight is 524 g/mol. The van der Waals surface area contributed by atoms with Gasteiger partial charge in [-0.2, -0.15) is 0 Å². The molecule has 1 aliphatic heterocycles. The third-order valence-electron chi connectivity index (χ3n) is 8.21. The van der Waals surface area contributed by atoms with Crippen molar-refractivity contribution in [3.63, 3.8) is 0 Å². The molecule has 0 saturated carbocycles. The lowest BCUT2D eigenvalue weighted by atomic mass is 9.83. The second kappa shape index (κ2) is 10.2. The molecule has 0 atom stereocenters. The molecular formula is C34H38ClN3. The number of fused-ring (bicyclic) bond motifs is 3. The zero-order valence-corrected chi connectivity index (χ0v) is 23.6. The van der Waals surface area contributed by atoms with Crippen molar-refractivity contribution in [2.45, 2.75) is 64.4 Å². The summed E-state index contributed by atoms with van der Waals surface area (Å²) in [6, 6.07) is 24.5. The van der Waals surface area contributed by atoms with Crippen molar-refractivity contribution in [3.8, 4) is 0 Å². The van der Waals surface area contributed by atoms with Crippen LogP contribution in [0.15, 0.2) is 79.1 Å². The van der Waals surface area contributed by atoms with Gasteiger partial charge in [0.15, 0.2) is 0 Å². The van der Waals surface area contributed by atoms with E-state index in [0.29, 0.717) is 0 Å². The number of alkyl halides is 1. The molecule has 0 aliphatic carbocycles. The second-order valence-corrected chi connectivity index (χ2v) is 11.3. The van der Waals surface area contributed by atoms with E-state index in [-0.39, 0.29) is 0 Å². The third kappa shape index (κ3) is 3.94. The fourth-order valence-corrected chi connectivity index (χ4v) is 6.96. The lowest BCUT2D eigenvalue weighted by molar-refractivity contribution is 0.692. The Hall–Kier alpha value is -3.17. The molecule has 0 amide bonds. The largest absolute Gasteiger partial charge is 0.371 e. The number of rotatable bonds is 9. The van der Waals surface area contributed by atoms with Gasteiger partial charge in [-0.1, -0.05) is 69.3 Å². The Morgan fingerprint density at radius 3 is 1.82 bits per heavy atom. The highest BCUT2D eigenvalue weighted by molar-refractivity contribution is 6.30. The quantitative estimate of drug-likeness (QED) is 0.176. The molecule has 0 spiro atoms. The molecule has 0 radical (unpaired) electrons. The molecule has 0 bridgehead atoms. The van der Waals surface area contributed by atoms with Gasteiger partial charge in [-0.3, -0.25) is 0 Å². The van der Waals surface area contributed by atoms with E-state index in [2.05, 4.69) is 114 Å². The molecule has 1 aliphatic rings. The summed E-state index contributed by atoms with van der Waals surface area (Å²) in [7, 11) is 0. The zero-order chi connectivity index (χ0) is 26.3. The normalized spacial score (nSPS) is 13.6. The molecule has 3 nitrogen and oxygen atoms in total. The molecule has 0 fully saturated rings. The van der Waals surface area contributed by atoms with Crippen LogP contribution in [0.4, 0.5) is 5.69 Å². The first-order chi connectivity index (χ1) is 18.6. The highest BCUT2D eigenvalue weighted by Gasteiger charge is 2.40. The Bertz CT molecular complexity index is 1510. The van der Waals surface area contributed by atoms with Crippen LogP contribution in [-0.4, -0.2) is 22.2 Å². The standard InChI is InChI=1S/C34H38ClN3/c1-4-18-36-21-17-25-22-26(15-16-31(25)36)34(35,29-23-37(19-5-2)32-13-9-7-11-27(29)32)30-24-38(20-6-3)33-14-10-8-12-28(30)33/h7-16,22-24H,4-6,17-21H2,1-3H3. The predicted octanol–water partition coefficient (Wildman–Crippen LogP) is 8.72. The van der Waals surface area contributed by atoms with E-state index in [1.807, 2.05) is 0 Å². The monoisotopic (exact) mass is 523 g/mol. The van der Waals surface area contributed by atoms with Crippen molar-refractivity contribution in [2.24, 2.45) is 0 Å². The molecule has 3 heterocycles. The topological polar surface area (TPSA) is 13.1 Å². The molecule has 0 saturated heterocycles. The number of aryl methyl sites for hydroxylation is 2. The maximum absolute atomic E-state index is 8.16. The van der Waals surface area contributed by atoms with Gasteiger partial charge >= 0.3 is 0 Å². The smallest absolute Gasteiger partial charge is 0.124 e. The van der Waals surface area contributed by atoms with Crippen LogP contribution in [0, 0.1) is 0 Å². The van der Waals surface area contributed by atoms with Crippen LogP contribution in [0.2, 0.25) is 0 Å². The number of benzene rings is 3. The molecule has 5 aromatic rings. The van der Waals surface area contributed by atoms with Gasteiger partial charge in [0.05, 0.1) is 0 Å². The van der Waals surface area contributed by atoms with Crippen LogP contribution >= 0.6 is 11.6 Å². The highest BCUT2D eigenvalue weighted by Crippen LogP contribution is 2.50. The van der Waals surface area contributed by atoms with Crippen LogP contribution in [0.5, 0.6) is 0 Å². The van der Waals surface area contributed by atoms with Crippen LogP contribution < -0.4 is 4.90 Å². The van der Waals surface area contributed by atoms with Crippen molar-refractivity contribution < 1.29 is 0 Å². The Morgan fingerprint density at radius 1 is 0.711 bits per heavy atom. The van der Waals surface area contributed by atoms with E-state index in [4.69, 9.17) is 11.6 Å². The first-order valence-corrected chi connectivity index (χ1v) is 14.7. The van der Waals surface area contributed by atoms with Gasteiger partial charge in [0, 0.05) is 77.2 Å². The number of aromatic nitrogens is 2. The minimum Gasteiger partial charge on any atom is -0.371 e. The highest BCUT2D eigenvalue weighted by atomic mass is 35.5. The fraction of sp³-hybridized carbons (Fsp3) is 0.353. The molecule has 3 aromatic carbocycles. The van der Waals surface area contributed by atoms with Gasteiger partial charge in [-0.15, -0.1) is 11.6 Å². The lowest BCUT2D eigenvalue weighted by Crippen LogP contribution is -2.23. The lowest BCUT2D eigenvalue weighted by Gasteiger charge is -2.29. The van der Waals surface area contributed by atoms with Crippen molar-refractivity contribution in [1.29, 1.82) is 0 Å². The molecule has 0 unspecified atom stereocenters.